The van der Waals surface area contributed by atoms with Crippen molar-refractivity contribution >= 4 is 15.9 Å². The van der Waals surface area contributed by atoms with Gasteiger partial charge < -0.3 is 0 Å². The van der Waals surface area contributed by atoms with Crippen molar-refractivity contribution in [1.29, 1.82) is 0 Å². The zero-order chi connectivity index (χ0) is 7.40. The summed E-state index contributed by atoms with van der Waals surface area (Å²) in [5.74, 6) is 0. The molecule has 1 aromatic rings. The number of hydrogen-bond donors (Lipinski definition) is 0. The third kappa shape index (κ3) is 1.57. The van der Waals surface area contributed by atoms with E-state index in [1.165, 1.54) is 11.3 Å². The zero-order valence-corrected chi connectivity index (χ0v) is 7.56. The van der Waals surface area contributed by atoms with Crippen LogP contribution in [0.15, 0.2) is 18.3 Å². The van der Waals surface area contributed by atoms with E-state index in [0.717, 1.165) is 11.8 Å². The minimum Gasteiger partial charge on any atom is -0.261 e. The molecule has 1 heterocycles. The molecule has 0 spiro atoms. The van der Waals surface area contributed by atoms with Gasteiger partial charge in [0.25, 0.3) is 0 Å². The highest BCUT2D eigenvalue weighted by Gasteiger charge is 1.96. The number of aryl methyl sites for hydroxylation is 1. The summed E-state index contributed by atoms with van der Waals surface area (Å²) in [6.45, 7) is 2.12. The fourth-order valence-electron chi connectivity index (χ4n) is 0.911. The maximum absolute atomic E-state index is 4.24. The molecule has 0 aromatic carbocycles. The molecular formula is C8H10BrN. The van der Waals surface area contributed by atoms with Gasteiger partial charge in [0, 0.05) is 17.2 Å². The monoisotopic (exact) mass is 199 g/mol. The topological polar surface area (TPSA) is 12.9 Å². The molecule has 0 saturated heterocycles. The minimum atomic E-state index is 0.907. The van der Waals surface area contributed by atoms with Crippen LogP contribution in [0.3, 0.4) is 0 Å². The Morgan fingerprint density at radius 1 is 1.60 bits per heavy atom. The number of hydrogen-bond acceptors (Lipinski definition) is 1. The maximum Gasteiger partial charge on any atom is 0.0441 e. The quantitative estimate of drug-likeness (QED) is 0.668. The highest BCUT2D eigenvalue weighted by Crippen LogP contribution is 2.09. The molecule has 0 aliphatic rings. The van der Waals surface area contributed by atoms with Crippen molar-refractivity contribution in [3.63, 3.8) is 0 Å². The average molecular weight is 200 g/mol. The van der Waals surface area contributed by atoms with Crippen LogP contribution in [0.5, 0.6) is 0 Å². The summed E-state index contributed by atoms with van der Waals surface area (Å²) in [6, 6.07) is 4.07. The van der Waals surface area contributed by atoms with Gasteiger partial charge in [-0.1, -0.05) is 28.9 Å². The smallest absolute Gasteiger partial charge is 0.0441 e. The lowest BCUT2D eigenvalue weighted by Crippen LogP contribution is -1.91. The molecule has 0 saturated carbocycles. The molecule has 1 rings (SSSR count). The first kappa shape index (κ1) is 7.73. The normalized spacial score (nSPS) is 9.80. The summed E-state index contributed by atoms with van der Waals surface area (Å²) >= 11 is 3.41. The van der Waals surface area contributed by atoms with Gasteiger partial charge in [-0.05, 0) is 18.1 Å². The van der Waals surface area contributed by atoms with Gasteiger partial charge in [-0.2, -0.15) is 0 Å². The standard InChI is InChI=1S/C8H10BrN/c1-2-8-7(6-9)4-3-5-10-8/h3-5H,2,6H2,1H3. The second-order valence-electron chi connectivity index (χ2n) is 2.10. The lowest BCUT2D eigenvalue weighted by atomic mass is 10.2. The number of pyridine rings is 1. The Balaban J connectivity index is 2.96. The van der Waals surface area contributed by atoms with E-state index in [4.69, 9.17) is 0 Å². The van der Waals surface area contributed by atoms with Crippen molar-refractivity contribution in [3.8, 4) is 0 Å². The van der Waals surface area contributed by atoms with Crippen LogP contribution < -0.4 is 0 Å². The fourth-order valence-corrected chi connectivity index (χ4v) is 1.42. The Labute approximate surface area is 69.6 Å². The van der Waals surface area contributed by atoms with Crippen LogP contribution in [-0.4, -0.2) is 4.98 Å². The lowest BCUT2D eigenvalue weighted by Gasteiger charge is -2.00. The minimum absolute atomic E-state index is 0.907. The van der Waals surface area contributed by atoms with Gasteiger partial charge in [0.1, 0.15) is 0 Å². The number of rotatable bonds is 2. The molecule has 0 fully saturated rings. The SMILES string of the molecule is CCc1ncccc1CBr. The molecule has 0 atom stereocenters. The average Bonchev–Trinajstić information content (AvgIpc) is 2.04. The fraction of sp³-hybridized carbons (Fsp3) is 0.375. The van der Waals surface area contributed by atoms with Gasteiger partial charge in [0.15, 0.2) is 0 Å². The van der Waals surface area contributed by atoms with Gasteiger partial charge in [0.05, 0.1) is 0 Å². The number of halogens is 1. The van der Waals surface area contributed by atoms with E-state index < -0.39 is 0 Å². The highest BCUT2D eigenvalue weighted by molar-refractivity contribution is 9.08. The molecule has 10 heavy (non-hydrogen) atoms. The van der Waals surface area contributed by atoms with Crippen molar-refractivity contribution in [2.45, 2.75) is 18.7 Å². The number of nitrogens with zero attached hydrogens (tertiary/aromatic N) is 1. The molecule has 2 heteroatoms. The van der Waals surface area contributed by atoms with Crippen molar-refractivity contribution in [2.24, 2.45) is 0 Å². The van der Waals surface area contributed by atoms with Crippen LogP contribution in [0.1, 0.15) is 18.2 Å². The van der Waals surface area contributed by atoms with Gasteiger partial charge >= 0.3 is 0 Å². The Morgan fingerprint density at radius 3 is 2.90 bits per heavy atom. The Morgan fingerprint density at radius 2 is 2.40 bits per heavy atom. The van der Waals surface area contributed by atoms with Crippen molar-refractivity contribution in [1.82, 2.24) is 4.98 Å². The third-order valence-electron chi connectivity index (χ3n) is 1.46. The summed E-state index contributed by atoms with van der Waals surface area (Å²) in [5, 5.41) is 0.907. The predicted molar refractivity (Wildman–Crippen MR) is 46.2 cm³/mol. The second-order valence-corrected chi connectivity index (χ2v) is 2.66. The van der Waals surface area contributed by atoms with E-state index >= 15 is 0 Å². The molecule has 0 bridgehead atoms. The van der Waals surface area contributed by atoms with E-state index in [1.54, 1.807) is 0 Å². The van der Waals surface area contributed by atoms with Gasteiger partial charge in [-0.25, -0.2) is 0 Å². The van der Waals surface area contributed by atoms with Crippen LogP contribution in [0.4, 0.5) is 0 Å². The predicted octanol–water partition coefficient (Wildman–Crippen LogP) is 2.54. The zero-order valence-electron chi connectivity index (χ0n) is 5.97. The number of alkyl halides is 1. The van der Waals surface area contributed by atoms with E-state index in [2.05, 4.69) is 33.9 Å². The van der Waals surface area contributed by atoms with Crippen LogP contribution in [-0.2, 0) is 11.8 Å². The molecule has 1 nitrogen and oxygen atoms in total. The van der Waals surface area contributed by atoms with E-state index in [1.807, 2.05) is 12.3 Å². The molecule has 0 aliphatic carbocycles. The molecular weight excluding hydrogens is 190 g/mol. The van der Waals surface area contributed by atoms with Gasteiger partial charge in [-0.3, -0.25) is 4.98 Å². The van der Waals surface area contributed by atoms with Crippen molar-refractivity contribution < 1.29 is 0 Å². The molecule has 0 N–H and O–H groups in total. The van der Waals surface area contributed by atoms with Crippen LogP contribution in [0.25, 0.3) is 0 Å². The summed E-state index contributed by atoms with van der Waals surface area (Å²) in [7, 11) is 0. The first-order chi connectivity index (χ1) is 4.88. The Kier molecular flexibility index (Phi) is 2.87. The first-order valence-electron chi connectivity index (χ1n) is 3.37. The Bertz CT molecular complexity index is 187. The molecule has 54 valence electrons. The van der Waals surface area contributed by atoms with Gasteiger partial charge in [-0.15, -0.1) is 0 Å². The summed E-state index contributed by atoms with van der Waals surface area (Å²) in [5.41, 5.74) is 2.49. The number of aromatic nitrogens is 1. The van der Waals surface area contributed by atoms with E-state index in [0.29, 0.717) is 0 Å². The first-order valence-corrected chi connectivity index (χ1v) is 4.49. The van der Waals surface area contributed by atoms with Crippen molar-refractivity contribution in [3.05, 3.63) is 29.6 Å². The largest absolute Gasteiger partial charge is 0.261 e. The molecule has 0 amide bonds. The molecule has 0 aliphatic heterocycles. The highest BCUT2D eigenvalue weighted by atomic mass is 79.9. The lowest BCUT2D eigenvalue weighted by molar-refractivity contribution is 1.00. The summed E-state index contributed by atoms with van der Waals surface area (Å²) in [6.07, 6.45) is 2.85. The molecule has 0 radical (unpaired) electrons. The Hall–Kier alpha value is -0.370. The van der Waals surface area contributed by atoms with Crippen LogP contribution in [0.2, 0.25) is 0 Å². The van der Waals surface area contributed by atoms with Crippen LogP contribution in [0, 0.1) is 0 Å². The van der Waals surface area contributed by atoms with E-state index in [-0.39, 0.29) is 0 Å². The van der Waals surface area contributed by atoms with Gasteiger partial charge in [0.2, 0.25) is 0 Å². The molecule has 1 aromatic heterocycles. The van der Waals surface area contributed by atoms with E-state index in [9.17, 15) is 0 Å². The third-order valence-corrected chi connectivity index (χ3v) is 2.07. The maximum atomic E-state index is 4.24. The summed E-state index contributed by atoms with van der Waals surface area (Å²) < 4.78 is 0. The van der Waals surface area contributed by atoms with Crippen LogP contribution >= 0.6 is 15.9 Å². The van der Waals surface area contributed by atoms with Crippen molar-refractivity contribution in [2.75, 3.05) is 0 Å². The second kappa shape index (κ2) is 3.71. The molecule has 0 unspecified atom stereocenters. The summed E-state index contributed by atoms with van der Waals surface area (Å²) in [4.78, 5) is 4.24.